The molecule has 0 bridgehead atoms. The van der Waals surface area contributed by atoms with Gasteiger partial charge in [-0.2, -0.15) is 0 Å². The fraction of sp³-hybridized carbons (Fsp3) is 0.200. The molecular formula is C20H18N2O5. The van der Waals surface area contributed by atoms with Gasteiger partial charge in [-0.25, -0.2) is 9.79 Å². The number of nitrogens with one attached hydrogen (secondary N) is 1. The smallest absolute Gasteiger partial charge is 0.338 e. The molecule has 3 rings (SSSR count). The first kappa shape index (κ1) is 18.3. The Labute approximate surface area is 155 Å². The zero-order chi connectivity index (χ0) is 19.4. The molecule has 2 N–H and O–H groups in total. The summed E-state index contributed by atoms with van der Waals surface area (Å²) in [5.74, 6) is -2.94. The van der Waals surface area contributed by atoms with E-state index in [4.69, 9.17) is 4.74 Å². The topological polar surface area (TPSA) is 105 Å². The van der Waals surface area contributed by atoms with Crippen molar-refractivity contribution in [3.63, 3.8) is 0 Å². The van der Waals surface area contributed by atoms with Crippen LogP contribution in [-0.4, -0.2) is 35.2 Å². The van der Waals surface area contributed by atoms with Gasteiger partial charge in [0.1, 0.15) is 11.3 Å². The summed E-state index contributed by atoms with van der Waals surface area (Å²) in [6.07, 6.45) is 7.41. The fourth-order valence-corrected chi connectivity index (χ4v) is 2.68. The molecule has 1 aromatic carbocycles. The summed E-state index contributed by atoms with van der Waals surface area (Å²) in [4.78, 5) is 40.3. The molecule has 1 aliphatic heterocycles. The third kappa shape index (κ3) is 3.87. The van der Waals surface area contributed by atoms with Crippen LogP contribution in [0, 0.1) is 5.92 Å². The van der Waals surface area contributed by atoms with E-state index in [0.717, 1.165) is 6.42 Å². The fourth-order valence-electron chi connectivity index (χ4n) is 2.68. The molecule has 1 heterocycles. The van der Waals surface area contributed by atoms with Gasteiger partial charge < -0.3 is 15.2 Å². The molecule has 0 spiro atoms. The summed E-state index contributed by atoms with van der Waals surface area (Å²) < 4.78 is 5.03. The second-order valence-corrected chi connectivity index (χ2v) is 5.99. The second kappa shape index (κ2) is 7.82. The number of nitrogens with zero attached hydrogens (tertiary/aromatic N) is 1. The highest BCUT2D eigenvalue weighted by Crippen LogP contribution is 2.26. The van der Waals surface area contributed by atoms with Gasteiger partial charge in [0, 0.05) is 5.69 Å². The van der Waals surface area contributed by atoms with Gasteiger partial charge in [-0.05, 0) is 36.8 Å². The first-order chi connectivity index (χ1) is 13.0. The Kier molecular flexibility index (Phi) is 5.30. The van der Waals surface area contributed by atoms with Crippen LogP contribution in [0.25, 0.3) is 0 Å². The first-order valence-corrected chi connectivity index (χ1v) is 8.50. The van der Waals surface area contributed by atoms with Crippen LogP contribution in [0.15, 0.2) is 64.9 Å². The number of amides is 2. The number of aliphatic imine (C=N–C) groups is 1. The molecule has 0 saturated carbocycles. The van der Waals surface area contributed by atoms with Crippen molar-refractivity contribution in [3.05, 3.63) is 65.5 Å². The zero-order valence-electron chi connectivity index (χ0n) is 14.6. The predicted octanol–water partition coefficient (Wildman–Crippen LogP) is 2.73. The number of aliphatic hydroxyl groups excluding tert-OH is 1. The maximum Gasteiger partial charge on any atom is 0.338 e. The number of allylic oxidation sites excluding steroid dienone is 4. The molecule has 7 nitrogen and oxygen atoms in total. The van der Waals surface area contributed by atoms with Crippen LogP contribution < -0.4 is 5.32 Å². The van der Waals surface area contributed by atoms with E-state index in [1.165, 1.54) is 24.3 Å². The Morgan fingerprint density at radius 2 is 1.96 bits per heavy atom. The van der Waals surface area contributed by atoms with E-state index < -0.39 is 29.3 Å². The quantitative estimate of drug-likeness (QED) is 0.616. The number of ether oxygens (including phenoxy) is 1. The molecule has 138 valence electrons. The van der Waals surface area contributed by atoms with E-state index in [2.05, 4.69) is 10.3 Å². The summed E-state index contributed by atoms with van der Waals surface area (Å²) in [6.45, 7) is 2.23. The minimum atomic E-state index is -0.795. The minimum absolute atomic E-state index is 0.331. The molecular weight excluding hydrogens is 348 g/mol. The predicted molar refractivity (Wildman–Crippen MR) is 99.5 cm³/mol. The summed E-state index contributed by atoms with van der Waals surface area (Å²) >= 11 is 0. The average Bonchev–Trinajstić information content (AvgIpc) is 2.66. The van der Waals surface area contributed by atoms with Crippen molar-refractivity contribution >= 4 is 29.2 Å². The van der Waals surface area contributed by atoms with Crippen molar-refractivity contribution < 1.29 is 24.2 Å². The molecule has 27 heavy (non-hydrogen) atoms. The number of rotatable bonds is 5. The zero-order valence-corrected chi connectivity index (χ0v) is 14.6. The van der Waals surface area contributed by atoms with Crippen LogP contribution >= 0.6 is 0 Å². The SMILES string of the molecule is CCCOC(=O)c1ccc(NC(=O)C2=C(O)C3C=CC=CC3=NC2=O)cc1. The Morgan fingerprint density at radius 3 is 2.67 bits per heavy atom. The van der Waals surface area contributed by atoms with Crippen molar-refractivity contribution in [2.75, 3.05) is 11.9 Å². The summed E-state index contributed by atoms with van der Waals surface area (Å²) in [6, 6.07) is 6.05. The monoisotopic (exact) mass is 366 g/mol. The van der Waals surface area contributed by atoms with Crippen LogP contribution in [-0.2, 0) is 14.3 Å². The number of fused-ring (bicyclic) bond motifs is 1. The number of aliphatic hydroxyl groups is 1. The lowest BCUT2D eigenvalue weighted by Gasteiger charge is -2.21. The van der Waals surface area contributed by atoms with E-state index >= 15 is 0 Å². The van der Waals surface area contributed by atoms with Gasteiger partial charge in [-0.1, -0.05) is 25.2 Å². The molecule has 7 heteroatoms. The Morgan fingerprint density at radius 1 is 1.22 bits per heavy atom. The van der Waals surface area contributed by atoms with Crippen molar-refractivity contribution in [1.29, 1.82) is 0 Å². The van der Waals surface area contributed by atoms with Crippen LogP contribution in [0.2, 0.25) is 0 Å². The molecule has 1 unspecified atom stereocenters. The van der Waals surface area contributed by atoms with E-state index in [1.807, 2.05) is 6.92 Å². The number of esters is 1. The maximum atomic E-state index is 12.5. The first-order valence-electron chi connectivity index (χ1n) is 8.50. The molecule has 0 fully saturated rings. The number of hydrogen-bond donors (Lipinski definition) is 2. The van der Waals surface area contributed by atoms with Gasteiger partial charge >= 0.3 is 5.97 Å². The lowest BCUT2D eigenvalue weighted by Crippen LogP contribution is -2.30. The number of dihydropyridines is 1. The van der Waals surface area contributed by atoms with Crippen molar-refractivity contribution in [1.82, 2.24) is 0 Å². The van der Waals surface area contributed by atoms with Crippen LogP contribution in [0.4, 0.5) is 5.69 Å². The van der Waals surface area contributed by atoms with Crippen molar-refractivity contribution in [3.8, 4) is 0 Å². The molecule has 1 aliphatic carbocycles. The summed E-state index contributed by atoms with van der Waals surface area (Å²) in [5.41, 5.74) is 0.723. The third-order valence-corrected chi connectivity index (χ3v) is 4.04. The lowest BCUT2D eigenvalue weighted by molar-refractivity contribution is -0.119. The van der Waals surface area contributed by atoms with Gasteiger partial charge in [0.15, 0.2) is 0 Å². The lowest BCUT2D eigenvalue weighted by atomic mass is 9.90. The molecule has 0 radical (unpaired) electrons. The van der Waals surface area contributed by atoms with Gasteiger partial charge in [-0.15, -0.1) is 0 Å². The standard InChI is InChI=1S/C20H18N2O5/c1-2-11-27-20(26)12-7-9-13(10-8-12)21-18(24)16-17(23)14-5-3-4-6-15(14)22-19(16)25/h3-10,14,23H,2,11H2,1H3,(H,21,24). The number of carbonyl (C=O) groups excluding carboxylic acids is 3. The minimum Gasteiger partial charge on any atom is -0.510 e. The van der Waals surface area contributed by atoms with Gasteiger partial charge in [0.25, 0.3) is 11.8 Å². The molecule has 0 aromatic heterocycles. The largest absolute Gasteiger partial charge is 0.510 e. The van der Waals surface area contributed by atoms with Gasteiger partial charge in [0.05, 0.1) is 23.8 Å². The van der Waals surface area contributed by atoms with Crippen LogP contribution in [0.1, 0.15) is 23.7 Å². The van der Waals surface area contributed by atoms with Crippen molar-refractivity contribution in [2.24, 2.45) is 10.9 Å². The second-order valence-electron chi connectivity index (χ2n) is 5.99. The molecule has 2 aliphatic rings. The Balaban J connectivity index is 1.73. The van der Waals surface area contributed by atoms with Crippen molar-refractivity contribution in [2.45, 2.75) is 13.3 Å². The van der Waals surface area contributed by atoms with Gasteiger partial charge in [0.2, 0.25) is 0 Å². The normalized spacial score (nSPS) is 18.0. The Hall–Kier alpha value is -3.48. The Bertz CT molecular complexity index is 907. The highest BCUT2D eigenvalue weighted by molar-refractivity contribution is 6.28. The van der Waals surface area contributed by atoms with Crippen LogP contribution in [0.3, 0.4) is 0 Å². The van der Waals surface area contributed by atoms with Gasteiger partial charge in [-0.3, -0.25) is 9.59 Å². The number of anilines is 1. The number of carbonyl (C=O) groups is 3. The molecule has 2 amide bonds. The molecule has 1 aromatic rings. The van der Waals surface area contributed by atoms with E-state index in [9.17, 15) is 19.5 Å². The summed E-state index contributed by atoms with van der Waals surface area (Å²) in [7, 11) is 0. The average molecular weight is 366 g/mol. The maximum absolute atomic E-state index is 12.5. The number of benzene rings is 1. The van der Waals surface area contributed by atoms with E-state index in [-0.39, 0.29) is 5.76 Å². The third-order valence-electron chi connectivity index (χ3n) is 4.04. The molecule has 1 atom stereocenters. The van der Waals surface area contributed by atoms with E-state index in [0.29, 0.717) is 23.6 Å². The summed E-state index contributed by atoms with van der Waals surface area (Å²) in [5, 5.41) is 12.9. The highest BCUT2D eigenvalue weighted by Gasteiger charge is 2.34. The highest BCUT2D eigenvalue weighted by atomic mass is 16.5. The van der Waals surface area contributed by atoms with Crippen LogP contribution in [0.5, 0.6) is 0 Å². The van der Waals surface area contributed by atoms with E-state index in [1.54, 1.807) is 24.3 Å². The molecule has 0 saturated heterocycles. The number of hydrogen-bond acceptors (Lipinski definition) is 5.